The van der Waals surface area contributed by atoms with Crippen LogP contribution in [0.1, 0.15) is 18.2 Å². The third-order valence-electron chi connectivity index (χ3n) is 4.66. The van der Waals surface area contributed by atoms with E-state index in [4.69, 9.17) is 11.6 Å². The van der Waals surface area contributed by atoms with E-state index in [1.807, 2.05) is 30.0 Å². The molecule has 2 aromatic carbocycles. The molecule has 1 atom stereocenters. The molecule has 29 heavy (non-hydrogen) atoms. The maximum absolute atomic E-state index is 12.9. The van der Waals surface area contributed by atoms with Crippen molar-refractivity contribution in [2.75, 3.05) is 15.5 Å². The highest BCUT2D eigenvalue weighted by molar-refractivity contribution is 7.14. The van der Waals surface area contributed by atoms with Gasteiger partial charge >= 0.3 is 6.03 Å². The van der Waals surface area contributed by atoms with Crippen LogP contribution >= 0.6 is 22.9 Å². The van der Waals surface area contributed by atoms with E-state index < -0.39 is 6.03 Å². The number of urea groups is 1. The third kappa shape index (κ3) is 4.41. The number of amides is 3. The van der Waals surface area contributed by atoms with Crippen LogP contribution in [0, 0.1) is 0 Å². The minimum Gasteiger partial charge on any atom is -0.309 e. The van der Waals surface area contributed by atoms with Gasteiger partial charge in [0.25, 0.3) is 0 Å². The Hall–Kier alpha value is -2.90. The molecule has 0 radical (unpaired) electrons. The predicted molar refractivity (Wildman–Crippen MR) is 117 cm³/mol. The lowest BCUT2D eigenvalue weighted by Crippen LogP contribution is -2.36. The van der Waals surface area contributed by atoms with Gasteiger partial charge in [0.1, 0.15) is 0 Å². The highest BCUT2D eigenvalue weighted by Crippen LogP contribution is 2.32. The molecule has 8 heteroatoms. The first-order valence-electron chi connectivity index (χ1n) is 9.17. The molecule has 3 aromatic rings. The van der Waals surface area contributed by atoms with Crippen LogP contribution in [0.4, 0.5) is 21.3 Å². The van der Waals surface area contributed by atoms with Crippen LogP contribution in [0.5, 0.6) is 0 Å². The summed E-state index contributed by atoms with van der Waals surface area (Å²) in [5, 5.41) is 8.15. The van der Waals surface area contributed by atoms with Gasteiger partial charge in [-0.2, -0.15) is 0 Å². The zero-order valence-electron chi connectivity index (χ0n) is 15.7. The lowest BCUT2D eigenvalue weighted by molar-refractivity contribution is -0.118. The zero-order valence-corrected chi connectivity index (χ0v) is 17.3. The van der Waals surface area contributed by atoms with Gasteiger partial charge in [-0.25, -0.2) is 9.78 Å². The summed E-state index contributed by atoms with van der Waals surface area (Å²) >= 11 is 7.20. The fourth-order valence-electron chi connectivity index (χ4n) is 3.46. The van der Waals surface area contributed by atoms with Crippen LogP contribution in [0.2, 0.25) is 5.02 Å². The molecule has 0 saturated heterocycles. The normalized spacial score (nSPS) is 15.1. The molecular formula is C21H19ClN4O2S. The number of halogens is 1. The Morgan fingerprint density at radius 2 is 2.03 bits per heavy atom. The van der Waals surface area contributed by atoms with E-state index in [1.165, 1.54) is 16.9 Å². The highest BCUT2D eigenvalue weighted by Gasteiger charge is 2.30. The molecule has 0 aliphatic carbocycles. The Bertz CT molecular complexity index is 1070. The molecule has 0 saturated carbocycles. The summed E-state index contributed by atoms with van der Waals surface area (Å²) in [5.41, 5.74) is 3.38. The summed E-state index contributed by atoms with van der Waals surface area (Å²) in [6.45, 7) is 2.05. The van der Waals surface area contributed by atoms with Gasteiger partial charge < -0.3 is 10.2 Å². The molecule has 148 valence electrons. The summed E-state index contributed by atoms with van der Waals surface area (Å²) in [4.78, 5) is 31.2. The number of fused-ring (bicyclic) bond motifs is 1. The smallest absolute Gasteiger partial charge is 0.309 e. The second kappa shape index (κ2) is 8.23. The van der Waals surface area contributed by atoms with Gasteiger partial charge in [-0.05, 0) is 43.2 Å². The minimum absolute atomic E-state index is 0.00248. The van der Waals surface area contributed by atoms with Crippen LogP contribution < -0.4 is 15.5 Å². The topological polar surface area (TPSA) is 74.3 Å². The molecule has 0 spiro atoms. The maximum atomic E-state index is 12.9. The molecular weight excluding hydrogens is 408 g/mol. The highest BCUT2D eigenvalue weighted by atomic mass is 35.5. The van der Waals surface area contributed by atoms with Gasteiger partial charge in [-0.3, -0.25) is 10.1 Å². The molecule has 1 aromatic heterocycles. The Labute approximate surface area is 177 Å². The summed E-state index contributed by atoms with van der Waals surface area (Å²) in [7, 11) is 0. The van der Waals surface area contributed by atoms with Crippen molar-refractivity contribution >= 4 is 51.4 Å². The molecule has 1 unspecified atom stereocenters. The van der Waals surface area contributed by atoms with E-state index in [2.05, 4.69) is 21.7 Å². The number of nitrogens with one attached hydrogen (secondary N) is 2. The second-order valence-corrected chi connectivity index (χ2v) is 8.15. The van der Waals surface area contributed by atoms with E-state index in [0.29, 0.717) is 21.5 Å². The van der Waals surface area contributed by atoms with Crippen molar-refractivity contribution < 1.29 is 9.59 Å². The summed E-state index contributed by atoms with van der Waals surface area (Å²) < 4.78 is 0. The van der Waals surface area contributed by atoms with E-state index >= 15 is 0 Å². The van der Waals surface area contributed by atoms with E-state index in [9.17, 15) is 9.59 Å². The summed E-state index contributed by atoms with van der Waals surface area (Å²) in [6.07, 6.45) is 1.04. The van der Waals surface area contributed by atoms with Crippen molar-refractivity contribution in [2.45, 2.75) is 25.8 Å². The first-order valence-corrected chi connectivity index (χ1v) is 10.4. The minimum atomic E-state index is -0.415. The van der Waals surface area contributed by atoms with E-state index in [0.717, 1.165) is 12.1 Å². The number of para-hydroxylation sites is 1. The Morgan fingerprint density at radius 3 is 2.86 bits per heavy atom. The van der Waals surface area contributed by atoms with Crippen LogP contribution in [0.3, 0.4) is 0 Å². The second-order valence-electron chi connectivity index (χ2n) is 6.86. The zero-order chi connectivity index (χ0) is 20.4. The van der Waals surface area contributed by atoms with Crippen molar-refractivity contribution in [3.05, 3.63) is 70.2 Å². The largest absolute Gasteiger partial charge is 0.325 e. The van der Waals surface area contributed by atoms with Crippen LogP contribution in [-0.2, 0) is 17.6 Å². The van der Waals surface area contributed by atoms with Gasteiger partial charge in [-0.1, -0.05) is 35.9 Å². The van der Waals surface area contributed by atoms with Crippen LogP contribution in [-0.4, -0.2) is 23.0 Å². The summed E-state index contributed by atoms with van der Waals surface area (Å²) in [6, 6.07) is 14.6. The Balaban J connectivity index is 1.38. The average molecular weight is 427 g/mol. The van der Waals surface area contributed by atoms with Crippen LogP contribution in [0.25, 0.3) is 0 Å². The van der Waals surface area contributed by atoms with Crippen molar-refractivity contribution in [1.29, 1.82) is 0 Å². The van der Waals surface area contributed by atoms with Gasteiger partial charge in [0, 0.05) is 27.8 Å². The van der Waals surface area contributed by atoms with Crippen molar-refractivity contribution in [2.24, 2.45) is 0 Å². The molecule has 6 nitrogen and oxygen atoms in total. The first kappa shape index (κ1) is 19.4. The number of hydrogen-bond acceptors (Lipinski definition) is 4. The van der Waals surface area contributed by atoms with Crippen LogP contribution in [0.15, 0.2) is 53.9 Å². The molecule has 2 N–H and O–H groups in total. The van der Waals surface area contributed by atoms with E-state index in [-0.39, 0.29) is 18.4 Å². The molecule has 3 amide bonds. The summed E-state index contributed by atoms with van der Waals surface area (Å²) in [5.74, 6) is 0.00248. The SMILES string of the molecule is CC1Cc2ccccc2N1C(=O)Cc1csc(NC(=O)Nc2cccc(Cl)c2)n1. The lowest BCUT2D eigenvalue weighted by Gasteiger charge is -2.22. The molecule has 0 fully saturated rings. The van der Waals surface area contributed by atoms with Gasteiger partial charge in [0.2, 0.25) is 5.91 Å². The predicted octanol–water partition coefficient (Wildman–Crippen LogP) is 4.96. The van der Waals surface area contributed by atoms with Gasteiger partial charge in [-0.15, -0.1) is 11.3 Å². The number of carbonyl (C=O) groups is 2. The monoisotopic (exact) mass is 426 g/mol. The van der Waals surface area contributed by atoms with Crippen molar-refractivity contribution in [1.82, 2.24) is 4.98 Å². The Morgan fingerprint density at radius 1 is 1.21 bits per heavy atom. The number of nitrogens with zero attached hydrogens (tertiary/aromatic N) is 2. The number of benzene rings is 2. The fourth-order valence-corrected chi connectivity index (χ4v) is 4.35. The number of thiazole rings is 1. The average Bonchev–Trinajstić information content (AvgIpc) is 3.24. The van der Waals surface area contributed by atoms with E-state index in [1.54, 1.807) is 29.6 Å². The number of aromatic nitrogens is 1. The molecule has 2 heterocycles. The maximum Gasteiger partial charge on any atom is 0.325 e. The fraction of sp³-hybridized carbons (Fsp3) is 0.190. The molecule has 4 rings (SSSR count). The number of rotatable bonds is 4. The van der Waals surface area contributed by atoms with Crippen molar-refractivity contribution in [3.8, 4) is 0 Å². The number of hydrogen-bond donors (Lipinski definition) is 2. The van der Waals surface area contributed by atoms with Gasteiger partial charge in [0.15, 0.2) is 5.13 Å². The van der Waals surface area contributed by atoms with Gasteiger partial charge in [0.05, 0.1) is 12.1 Å². The Kier molecular flexibility index (Phi) is 5.51. The third-order valence-corrected chi connectivity index (χ3v) is 5.70. The lowest BCUT2D eigenvalue weighted by atomic mass is 10.1. The van der Waals surface area contributed by atoms with Crippen molar-refractivity contribution in [3.63, 3.8) is 0 Å². The molecule has 1 aliphatic heterocycles. The molecule has 0 bridgehead atoms. The molecule has 1 aliphatic rings. The first-order chi connectivity index (χ1) is 14.0. The number of anilines is 3. The quantitative estimate of drug-likeness (QED) is 0.619. The number of carbonyl (C=O) groups excluding carboxylic acids is 2. The standard InChI is InChI=1S/C21H19ClN4O2S/c1-13-9-14-5-2-3-8-18(14)26(13)19(27)11-17-12-29-21(24-17)25-20(28)23-16-7-4-6-15(22)10-16/h2-8,10,12-13H,9,11H2,1H3,(H2,23,24,25,28).